The normalized spacial score (nSPS) is 21.9. The zero-order valence-electron chi connectivity index (χ0n) is 13.6. The van der Waals surface area contributed by atoms with Gasteiger partial charge in [-0.3, -0.25) is 4.90 Å². The maximum Gasteiger partial charge on any atom is 0.0240 e. The lowest BCUT2D eigenvalue weighted by Gasteiger charge is -2.37. The van der Waals surface area contributed by atoms with Crippen molar-refractivity contribution < 1.29 is 0 Å². The highest BCUT2D eigenvalue weighted by molar-refractivity contribution is 5.17. The van der Waals surface area contributed by atoms with E-state index in [2.05, 4.69) is 72.5 Å². The monoisotopic (exact) mass is 293 g/mol. The third kappa shape index (κ3) is 4.20. The molecule has 1 aliphatic carbocycles. The van der Waals surface area contributed by atoms with Crippen LogP contribution in [0, 0.1) is 5.92 Å². The molecule has 2 atom stereocenters. The van der Waals surface area contributed by atoms with E-state index in [9.17, 15) is 0 Å². The lowest BCUT2D eigenvalue weighted by atomic mass is 9.86. The Balaban J connectivity index is 1.75. The molecule has 0 aromatic heterocycles. The minimum absolute atomic E-state index is 0.726. The third-order valence-corrected chi connectivity index (χ3v) is 4.88. The molecule has 1 nitrogen and oxygen atoms in total. The average Bonchev–Trinajstić information content (AvgIpc) is 2.56. The van der Waals surface area contributed by atoms with Crippen LogP contribution in [0.25, 0.3) is 0 Å². The van der Waals surface area contributed by atoms with Crippen molar-refractivity contribution in [3.05, 3.63) is 71.8 Å². The van der Waals surface area contributed by atoms with E-state index in [1.54, 1.807) is 0 Å². The van der Waals surface area contributed by atoms with Crippen LogP contribution in [0.15, 0.2) is 60.7 Å². The van der Waals surface area contributed by atoms with E-state index in [0.29, 0.717) is 0 Å². The summed E-state index contributed by atoms with van der Waals surface area (Å²) < 4.78 is 0. The Morgan fingerprint density at radius 2 is 1.36 bits per heavy atom. The first-order valence-electron chi connectivity index (χ1n) is 8.63. The van der Waals surface area contributed by atoms with Gasteiger partial charge < -0.3 is 0 Å². The fourth-order valence-electron chi connectivity index (χ4n) is 3.68. The van der Waals surface area contributed by atoms with Crippen molar-refractivity contribution in [2.45, 2.75) is 51.7 Å². The van der Waals surface area contributed by atoms with Crippen LogP contribution in [-0.4, -0.2) is 10.9 Å². The predicted molar refractivity (Wildman–Crippen MR) is 93.6 cm³/mol. The molecule has 2 aromatic rings. The fourth-order valence-corrected chi connectivity index (χ4v) is 3.68. The summed E-state index contributed by atoms with van der Waals surface area (Å²) in [5.74, 6) is 0.868. The molecule has 116 valence electrons. The summed E-state index contributed by atoms with van der Waals surface area (Å²) >= 11 is 0. The van der Waals surface area contributed by atoms with Crippen LogP contribution >= 0.6 is 0 Å². The zero-order valence-corrected chi connectivity index (χ0v) is 13.6. The second-order valence-electron chi connectivity index (χ2n) is 6.80. The van der Waals surface area contributed by atoms with Gasteiger partial charge in [-0.05, 0) is 29.9 Å². The van der Waals surface area contributed by atoms with E-state index < -0.39 is 0 Å². The van der Waals surface area contributed by atoms with Gasteiger partial charge in [0, 0.05) is 19.1 Å². The molecule has 0 aliphatic heterocycles. The SMILES string of the molecule is CC1CCCC(N(Cc2ccccc2)Cc2ccccc2)C1. The summed E-state index contributed by atoms with van der Waals surface area (Å²) in [7, 11) is 0. The zero-order chi connectivity index (χ0) is 15.2. The maximum absolute atomic E-state index is 2.69. The van der Waals surface area contributed by atoms with Crippen LogP contribution in [-0.2, 0) is 13.1 Å². The van der Waals surface area contributed by atoms with Crippen molar-refractivity contribution in [2.24, 2.45) is 5.92 Å². The lowest BCUT2D eigenvalue weighted by molar-refractivity contribution is 0.119. The van der Waals surface area contributed by atoms with Gasteiger partial charge in [0.25, 0.3) is 0 Å². The summed E-state index contributed by atoms with van der Waals surface area (Å²) in [4.78, 5) is 2.69. The van der Waals surface area contributed by atoms with Crippen molar-refractivity contribution in [3.8, 4) is 0 Å². The second kappa shape index (κ2) is 7.60. The first kappa shape index (κ1) is 15.3. The maximum atomic E-state index is 2.69. The molecule has 0 spiro atoms. The molecule has 3 rings (SSSR count). The summed E-state index contributed by atoms with van der Waals surface area (Å²) in [6.45, 7) is 4.54. The first-order valence-corrected chi connectivity index (χ1v) is 8.63. The van der Waals surface area contributed by atoms with E-state index in [1.807, 2.05) is 0 Å². The van der Waals surface area contributed by atoms with Crippen molar-refractivity contribution in [1.82, 2.24) is 4.90 Å². The van der Waals surface area contributed by atoms with Crippen molar-refractivity contribution in [1.29, 1.82) is 0 Å². The molecular weight excluding hydrogens is 266 g/mol. The smallest absolute Gasteiger partial charge is 0.0240 e. The molecule has 0 heterocycles. The topological polar surface area (TPSA) is 3.24 Å². The Kier molecular flexibility index (Phi) is 5.29. The molecule has 2 unspecified atom stereocenters. The highest BCUT2D eigenvalue weighted by Crippen LogP contribution is 2.29. The van der Waals surface area contributed by atoms with E-state index in [0.717, 1.165) is 25.0 Å². The summed E-state index contributed by atoms with van der Waals surface area (Å²) in [6.07, 6.45) is 5.48. The standard InChI is InChI=1S/C21H27N/c1-18-9-8-14-21(15-18)22(16-19-10-4-2-5-11-19)17-20-12-6-3-7-13-20/h2-7,10-13,18,21H,8-9,14-17H2,1H3. The number of hydrogen-bond acceptors (Lipinski definition) is 1. The van der Waals surface area contributed by atoms with Crippen LogP contribution in [0.4, 0.5) is 0 Å². The summed E-state index contributed by atoms with van der Waals surface area (Å²) in [6, 6.07) is 22.6. The highest BCUT2D eigenvalue weighted by atomic mass is 15.2. The molecule has 1 saturated carbocycles. The quantitative estimate of drug-likeness (QED) is 0.726. The minimum Gasteiger partial charge on any atom is -0.292 e. The van der Waals surface area contributed by atoms with E-state index in [4.69, 9.17) is 0 Å². The van der Waals surface area contributed by atoms with Gasteiger partial charge in [-0.15, -0.1) is 0 Å². The highest BCUT2D eigenvalue weighted by Gasteiger charge is 2.24. The second-order valence-corrected chi connectivity index (χ2v) is 6.80. The van der Waals surface area contributed by atoms with E-state index >= 15 is 0 Å². The van der Waals surface area contributed by atoms with Gasteiger partial charge in [-0.1, -0.05) is 80.4 Å². The van der Waals surface area contributed by atoms with Crippen molar-refractivity contribution in [3.63, 3.8) is 0 Å². The van der Waals surface area contributed by atoms with Gasteiger partial charge in [-0.25, -0.2) is 0 Å². The minimum atomic E-state index is 0.726. The van der Waals surface area contributed by atoms with Crippen LogP contribution in [0.2, 0.25) is 0 Å². The van der Waals surface area contributed by atoms with Gasteiger partial charge in [0.2, 0.25) is 0 Å². The summed E-state index contributed by atoms with van der Waals surface area (Å²) in [5.41, 5.74) is 2.85. The molecule has 0 amide bonds. The van der Waals surface area contributed by atoms with Crippen molar-refractivity contribution in [2.75, 3.05) is 0 Å². The Hall–Kier alpha value is -1.60. The number of nitrogens with zero attached hydrogens (tertiary/aromatic N) is 1. The van der Waals surface area contributed by atoms with E-state index in [-0.39, 0.29) is 0 Å². The molecule has 0 saturated heterocycles. The number of hydrogen-bond donors (Lipinski definition) is 0. The molecule has 1 aliphatic rings. The Bertz CT molecular complexity index is 507. The fraction of sp³-hybridized carbons (Fsp3) is 0.429. The van der Waals surface area contributed by atoms with Gasteiger partial charge >= 0.3 is 0 Å². The molecular formula is C21H27N. The molecule has 22 heavy (non-hydrogen) atoms. The Morgan fingerprint density at radius 1 is 0.818 bits per heavy atom. The summed E-state index contributed by atoms with van der Waals surface area (Å²) in [5, 5.41) is 0. The van der Waals surface area contributed by atoms with Crippen LogP contribution in [0.5, 0.6) is 0 Å². The third-order valence-electron chi connectivity index (χ3n) is 4.88. The predicted octanol–water partition coefficient (Wildman–Crippen LogP) is 5.27. The first-order chi connectivity index (χ1) is 10.8. The Morgan fingerprint density at radius 3 is 1.86 bits per heavy atom. The van der Waals surface area contributed by atoms with Gasteiger partial charge in [0.1, 0.15) is 0 Å². The molecule has 0 bridgehead atoms. The van der Waals surface area contributed by atoms with E-state index in [1.165, 1.54) is 36.8 Å². The van der Waals surface area contributed by atoms with Crippen LogP contribution < -0.4 is 0 Å². The van der Waals surface area contributed by atoms with Gasteiger partial charge in [0.15, 0.2) is 0 Å². The molecule has 1 heteroatoms. The van der Waals surface area contributed by atoms with Gasteiger partial charge in [0.05, 0.1) is 0 Å². The van der Waals surface area contributed by atoms with Crippen LogP contribution in [0.1, 0.15) is 43.7 Å². The van der Waals surface area contributed by atoms with Crippen molar-refractivity contribution >= 4 is 0 Å². The number of rotatable bonds is 5. The largest absolute Gasteiger partial charge is 0.292 e. The van der Waals surface area contributed by atoms with Gasteiger partial charge in [-0.2, -0.15) is 0 Å². The Labute approximate surface area is 135 Å². The lowest BCUT2D eigenvalue weighted by Crippen LogP contribution is -2.37. The molecule has 0 radical (unpaired) electrons. The molecule has 1 fully saturated rings. The average molecular weight is 293 g/mol. The molecule has 2 aromatic carbocycles. The molecule has 0 N–H and O–H groups in total. The number of benzene rings is 2. The van der Waals surface area contributed by atoms with Crippen LogP contribution in [0.3, 0.4) is 0 Å².